The second kappa shape index (κ2) is 5.82. The fourth-order valence-corrected chi connectivity index (χ4v) is 2.97. The molecule has 1 aromatic rings. The second-order valence-electron chi connectivity index (χ2n) is 6.43. The van der Waals surface area contributed by atoms with Crippen molar-refractivity contribution in [3.05, 3.63) is 35.4 Å². The number of amides is 2. The molecule has 22 heavy (non-hydrogen) atoms. The van der Waals surface area contributed by atoms with Crippen molar-refractivity contribution in [2.75, 3.05) is 19.8 Å². The van der Waals surface area contributed by atoms with Crippen LogP contribution >= 0.6 is 0 Å². The van der Waals surface area contributed by atoms with Gasteiger partial charge in [0.2, 0.25) is 0 Å². The zero-order valence-electron chi connectivity index (χ0n) is 13.0. The molecule has 0 unspecified atom stereocenters. The third kappa shape index (κ3) is 2.66. The van der Waals surface area contributed by atoms with E-state index in [-0.39, 0.29) is 17.9 Å². The van der Waals surface area contributed by atoms with Crippen LogP contribution in [0.25, 0.3) is 0 Å². The molecular formula is C17H21NO4. The van der Waals surface area contributed by atoms with Crippen molar-refractivity contribution in [2.24, 2.45) is 0 Å². The number of imide groups is 1. The summed E-state index contributed by atoms with van der Waals surface area (Å²) in [7, 11) is 0. The van der Waals surface area contributed by atoms with Crippen molar-refractivity contribution >= 4 is 11.8 Å². The van der Waals surface area contributed by atoms with E-state index < -0.39 is 5.54 Å². The standard InChI is InChI=1S/C17H21NO4/c1-17(2,11-22-12-7-9-21-10-8-12)18-15(19)13-5-3-4-6-14(13)16(18)20/h3-6,12H,7-11H2,1-2H3. The number of carbonyl (C=O) groups excluding carboxylic acids is 2. The Bertz CT molecular complexity index is 555. The highest BCUT2D eigenvalue weighted by Gasteiger charge is 2.44. The van der Waals surface area contributed by atoms with Crippen LogP contribution in [0.2, 0.25) is 0 Å². The molecule has 0 aromatic heterocycles. The summed E-state index contributed by atoms with van der Waals surface area (Å²) < 4.78 is 11.2. The van der Waals surface area contributed by atoms with Gasteiger partial charge in [-0.15, -0.1) is 0 Å². The van der Waals surface area contributed by atoms with Gasteiger partial charge in [0.25, 0.3) is 11.8 Å². The van der Waals surface area contributed by atoms with E-state index in [1.165, 1.54) is 4.90 Å². The summed E-state index contributed by atoms with van der Waals surface area (Å²) in [6.45, 7) is 5.49. The van der Waals surface area contributed by atoms with E-state index >= 15 is 0 Å². The molecule has 1 saturated heterocycles. The number of fused-ring (bicyclic) bond motifs is 1. The molecule has 2 aliphatic rings. The highest BCUT2D eigenvalue weighted by molar-refractivity contribution is 6.21. The summed E-state index contributed by atoms with van der Waals surface area (Å²) in [5, 5.41) is 0. The smallest absolute Gasteiger partial charge is 0.262 e. The number of ether oxygens (including phenoxy) is 2. The lowest BCUT2D eigenvalue weighted by molar-refractivity contribution is -0.0590. The molecule has 1 aromatic carbocycles. The van der Waals surface area contributed by atoms with Crippen LogP contribution in [0.1, 0.15) is 47.4 Å². The van der Waals surface area contributed by atoms with Crippen molar-refractivity contribution in [1.82, 2.24) is 4.90 Å². The van der Waals surface area contributed by atoms with Gasteiger partial charge in [-0.2, -0.15) is 0 Å². The lowest BCUT2D eigenvalue weighted by Crippen LogP contribution is -2.51. The minimum absolute atomic E-state index is 0.142. The maximum absolute atomic E-state index is 12.5. The lowest BCUT2D eigenvalue weighted by Gasteiger charge is -2.35. The van der Waals surface area contributed by atoms with Crippen molar-refractivity contribution in [3.8, 4) is 0 Å². The quantitative estimate of drug-likeness (QED) is 0.801. The van der Waals surface area contributed by atoms with E-state index in [1.54, 1.807) is 24.3 Å². The van der Waals surface area contributed by atoms with Gasteiger partial charge in [0.1, 0.15) is 0 Å². The fraction of sp³-hybridized carbons (Fsp3) is 0.529. The van der Waals surface area contributed by atoms with Crippen LogP contribution in [0.15, 0.2) is 24.3 Å². The molecule has 2 heterocycles. The minimum atomic E-state index is -0.675. The topological polar surface area (TPSA) is 55.8 Å². The van der Waals surface area contributed by atoms with E-state index in [9.17, 15) is 9.59 Å². The first kappa shape index (κ1) is 15.2. The first-order chi connectivity index (χ1) is 10.5. The van der Waals surface area contributed by atoms with Crippen LogP contribution in [0.3, 0.4) is 0 Å². The zero-order chi connectivity index (χ0) is 15.7. The minimum Gasteiger partial charge on any atom is -0.381 e. The second-order valence-corrected chi connectivity index (χ2v) is 6.43. The molecule has 0 N–H and O–H groups in total. The predicted octanol–water partition coefficient (Wildman–Crippen LogP) is 2.26. The predicted molar refractivity (Wildman–Crippen MR) is 80.8 cm³/mol. The van der Waals surface area contributed by atoms with Crippen molar-refractivity contribution in [3.63, 3.8) is 0 Å². The molecule has 0 spiro atoms. The third-order valence-corrected chi connectivity index (χ3v) is 4.24. The highest BCUT2D eigenvalue weighted by atomic mass is 16.5. The van der Waals surface area contributed by atoms with Gasteiger partial charge in [-0.1, -0.05) is 12.1 Å². The largest absolute Gasteiger partial charge is 0.381 e. The molecule has 1 fully saturated rings. The van der Waals surface area contributed by atoms with E-state index in [2.05, 4.69) is 0 Å². The number of hydrogen-bond acceptors (Lipinski definition) is 4. The number of rotatable bonds is 4. The number of carbonyl (C=O) groups is 2. The molecule has 118 valence electrons. The van der Waals surface area contributed by atoms with Crippen LogP contribution in [-0.4, -0.2) is 48.2 Å². The molecule has 3 rings (SSSR count). The van der Waals surface area contributed by atoms with Gasteiger partial charge < -0.3 is 9.47 Å². The Balaban J connectivity index is 1.72. The van der Waals surface area contributed by atoms with Gasteiger partial charge >= 0.3 is 0 Å². The average Bonchev–Trinajstić information content (AvgIpc) is 2.79. The first-order valence-corrected chi connectivity index (χ1v) is 7.68. The van der Waals surface area contributed by atoms with Gasteiger partial charge in [-0.25, -0.2) is 0 Å². The third-order valence-electron chi connectivity index (χ3n) is 4.24. The van der Waals surface area contributed by atoms with Crippen LogP contribution in [0.5, 0.6) is 0 Å². The fourth-order valence-electron chi connectivity index (χ4n) is 2.97. The van der Waals surface area contributed by atoms with Crippen molar-refractivity contribution < 1.29 is 19.1 Å². The monoisotopic (exact) mass is 303 g/mol. The number of benzene rings is 1. The van der Waals surface area contributed by atoms with Crippen molar-refractivity contribution in [2.45, 2.75) is 38.3 Å². The van der Waals surface area contributed by atoms with Crippen LogP contribution in [0.4, 0.5) is 0 Å². The normalized spacial score (nSPS) is 19.6. The van der Waals surface area contributed by atoms with E-state index in [0.717, 1.165) is 12.8 Å². The van der Waals surface area contributed by atoms with Gasteiger partial charge in [0.05, 0.1) is 29.4 Å². The summed E-state index contributed by atoms with van der Waals surface area (Å²) in [4.78, 5) is 26.4. The number of nitrogens with zero attached hydrogens (tertiary/aromatic N) is 1. The summed E-state index contributed by atoms with van der Waals surface area (Å²) in [5.41, 5.74) is 0.282. The van der Waals surface area contributed by atoms with Crippen molar-refractivity contribution in [1.29, 1.82) is 0 Å². The molecule has 5 nitrogen and oxygen atoms in total. The Morgan fingerprint density at radius 2 is 1.68 bits per heavy atom. The molecule has 0 saturated carbocycles. The van der Waals surface area contributed by atoms with Crippen LogP contribution in [-0.2, 0) is 9.47 Å². The van der Waals surface area contributed by atoms with E-state index in [0.29, 0.717) is 30.9 Å². The van der Waals surface area contributed by atoms with Gasteiger partial charge in [0.15, 0.2) is 0 Å². The molecule has 0 bridgehead atoms. The molecule has 5 heteroatoms. The van der Waals surface area contributed by atoms with Gasteiger partial charge in [0, 0.05) is 13.2 Å². The Morgan fingerprint density at radius 3 is 2.23 bits per heavy atom. The number of hydrogen-bond donors (Lipinski definition) is 0. The SMILES string of the molecule is CC(C)(COC1CCOCC1)N1C(=O)c2ccccc2C1=O. The van der Waals surface area contributed by atoms with Crippen LogP contribution in [0, 0.1) is 0 Å². The summed E-state index contributed by atoms with van der Waals surface area (Å²) in [6.07, 6.45) is 1.86. The van der Waals surface area contributed by atoms with E-state index in [1.807, 2.05) is 13.8 Å². The summed E-state index contributed by atoms with van der Waals surface area (Å²) >= 11 is 0. The molecule has 0 radical (unpaired) electrons. The molecule has 2 aliphatic heterocycles. The summed E-state index contributed by atoms with van der Waals surface area (Å²) in [5.74, 6) is -0.470. The Kier molecular flexibility index (Phi) is 4.02. The molecule has 0 atom stereocenters. The Labute approximate surface area is 130 Å². The lowest BCUT2D eigenvalue weighted by atomic mass is 10.0. The Hall–Kier alpha value is -1.72. The maximum atomic E-state index is 12.5. The van der Waals surface area contributed by atoms with Gasteiger partial charge in [-0.3, -0.25) is 14.5 Å². The zero-order valence-corrected chi connectivity index (χ0v) is 13.0. The Morgan fingerprint density at radius 1 is 1.14 bits per heavy atom. The molecular weight excluding hydrogens is 282 g/mol. The first-order valence-electron chi connectivity index (χ1n) is 7.68. The van der Waals surface area contributed by atoms with E-state index in [4.69, 9.17) is 9.47 Å². The molecule has 2 amide bonds. The van der Waals surface area contributed by atoms with Crippen LogP contribution < -0.4 is 0 Å². The molecule has 0 aliphatic carbocycles. The highest BCUT2D eigenvalue weighted by Crippen LogP contribution is 2.30. The maximum Gasteiger partial charge on any atom is 0.262 e. The van der Waals surface area contributed by atoms with Gasteiger partial charge in [-0.05, 0) is 38.8 Å². The average molecular weight is 303 g/mol. The summed E-state index contributed by atoms with van der Waals surface area (Å²) in [6, 6.07) is 6.95.